The monoisotopic (exact) mass is 304 g/mol. The molecule has 1 aromatic rings. The molecule has 2 heterocycles. The van der Waals surface area contributed by atoms with Gasteiger partial charge in [0.05, 0.1) is 6.04 Å². The van der Waals surface area contributed by atoms with Gasteiger partial charge in [-0.05, 0) is 51.9 Å². The number of allylic oxidation sites excluding steroid dienone is 1. The summed E-state index contributed by atoms with van der Waals surface area (Å²) in [5.74, 6) is 0.306. The smallest absolute Gasteiger partial charge is 0.227 e. The average molecular weight is 304 g/mol. The summed E-state index contributed by atoms with van der Waals surface area (Å²) in [6.07, 6.45) is 11.1. The Morgan fingerprint density at radius 2 is 2.29 bits per heavy atom. The normalized spacial score (nSPS) is 23.0. The Morgan fingerprint density at radius 3 is 3.00 bits per heavy atom. The van der Waals surface area contributed by atoms with Crippen LogP contribution in [0.1, 0.15) is 68.1 Å². The van der Waals surface area contributed by atoms with E-state index in [0.29, 0.717) is 12.3 Å². The van der Waals surface area contributed by atoms with Gasteiger partial charge < -0.3 is 4.90 Å². The van der Waals surface area contributed by atoms with Gasteiger partial charge in [-0.3, -0.25) is 4.79 Å². The summed E-state index contributed by atoms with van der Waals surface area (Å²) in [5, 5.41) is 3.22. The van der Waals surface area contributed by atoms with E-state index in [4.69, 9.17) is 0 Å². The predicted octanol–water partition coefficient (Wildman–Crippen LogP) is 4.40. The first-order valence-corrected chi connectivity index (χ1v) is 9.01. The Balaban J connectivity index is 1.71. The van der Waals surface area contributed by atoms with E-state index in [2.05, 4.69) is 21.3 Å². The van der Waals surface area contributed by atoms with Crippen LogP contribution in [0.2, 0.25) is 0 Å². The van der Waals surface area contributed by atoms with Crippen LogP contribution in [-0.2, 0) is 4.79 Å². The molecule has 0 N–H and O–H groups in total. The van der Waals surface area contributed by atoms with Crippen molar-refractivity contribution in [2.45, 2.75) is 64.3 Å². The van der Waals surface area contributed by atoms with Crippen LogP contribution in [0, 0.1) is 6.92 Å². The molecule has 1 amide bonds. The van der Waals surface area contributed by atoms with Crippen molar-refractivity contribution in [3.8, 4) is 0 Å². The van der Waals surface area contributed by atoms with Gasteiger partial charge in [0.2, 0.25) is 5.91 Å². The molecule has 0 aromatic carbocycles. The Bertz CT molecular complexity index is 535. The van der Waals surface area contributed by atoms with E-state index in [1.165, 1.54) is 24.8 Å². The van der Waals surface area contributed by atoms with Crippen molar-refractivity contribution >= 4 is 17.2 Å². The highest BCUT2D eigenvalue weighted by molar-refractivity contribution is 7.09. The van der Waals surface area contributed by atoms with Gasteiger partial charge in [-0.2, -0.15) is 0 Å². The van der Waals surface area contributed by atoms with Crippen LogP contribution >= 0.6 is 11.3 Å². The highest BCUT2D eigenvalue weighted by Crippen LogP contribution is 2.34. The number of carbonyl (C=O) groups excluding carboxylic acids is 1. The Morgan fingerprint density at radius 1 is 1.38 bits per heavy atom. The summed E-state index contributed by atoms with van der Waals surface area (Å²) in [7, 11) is 0. The third-order valence-electron chi connectivity index (χ3n) is 4.51. The number of carbonyl (C=O) groups is 1. The zero-order valence-electron chi connectivity index (χ0n) is 12.8. The predicted molar refractivity (Wildman–Crippen MR) is 86.3 cm³/mol. The quantitative estimate of drug-likeness (QED) is 0.776. The van der Waals surface area contributed by atoms with Gasteiger partial charge in [0.1, 0.15) is 5.01 Å². The number of aryl methyl sites for hydroxylation is 1. The van der Waals surface area contributed by atoms with Crippen molar-refractivity contribution in [2.75, 3.05) is 6.54 Å². The standard InChI is InChI=1S/C17H24N2OS/c1-13-12-21-17(18-13)15-9-5-6-10-19(15)16(20)11-14-7-3-2-4-8-14/h7,12,15H,2-6,8-11H2,1H3. The van der Waals surface area contributed by atoms with Gasteiger partial charge in [0.25, 0.3) is 0 Å². The van der Waals surface area contributed by atoms with Crippen LogP contribution in [0.3, 0.4) is 0 Å². The maximum Gasteiger partial charge on any atom is 0.227 e. The summed E-state index contributed by atoms with van der Waals surface area (Å²) in [5.41, 5.74) is 2.42. The lowest BCUT2D eigenvalue weighted by atomic mass is 9.95. The second-order valence-corrected chi connectivity index (χ2v) is 7.10. The molecule has 0 radical (unpaired) electrons. The molecule has 0 bridgehead atoms. The van der Waals surface area contributed by atoms with E-state index >= 15 is 0 Å². The number of piperidine rings is 1. The second-order valence-electron chi connectivity index (χ2n) is 6.21. The number of nitrogens with zero attached hydrogens (tertiary/aromatic N) is 2. The molecule has 1 saturated heterocycles. The first-order valence-electron chi connectivity index (χ1n) is 8.13. The fourth-order valence-corrected chi connectivity index (χ4v) is 4.32. The number of hydrogen-bond acceptors (Lipinski definition) is 3. The lowest BCUT2D eigenvalue weighted by Gasteiger charge is -2.35. The Kier molecular flexibility index (Phi) is 4.73. The van der Waals surface area contributed by atoms with Gasteiger partial charge >= 0.3 is 0 Å². The molecule has 21 heavy (non-hydrogen) atoms. The number of likely N-dealkylation sites (tertiary alicyclic amines) is 1. The molecule has 0 saturated carbocycles. The molecule has 3 nitrogen and oxygen atoms in total. The van der Waals surface area contributed by atoms with E-state index in [9.17, 15) is 4.79 Å². The summed E-state index contributed by atoms with van der Waals surface area (Å²) in [4.78, 5) is 19.4. The van der Waals surface area contributed by atoms with E-state index in [1.807, 2.05) is 6.92 Å². The molecule has 1 aromatic heterocycles. The van der Waals surface area contributed by atoms with Crippen molar-refractivity contribution in [2.24, 2.45) is 0 Å². The van der Waals surface area contributed by atoms with E-state index in [0.717, 1.165) is 42.9 Å². The fraction of sp³-hybridized carbons (Fsp3) is 0.647. The maximum atomic E-state index is 12.7. The lowest BCUT2D eigenvalue weighted by Crippen LogP contribution is -2.38. The molecule has 3 rings (SSSR count). The number of aromatic nitrogens is 1. The first-order chi connectivity index (χ1) is 10.2. The molecule has 2 aliphatic rings. The average Bonchev–Trinajstić information content (AvgIpc) is 2.95. The summed E-state index contributed by atoms with van der Waals surface area (Å²) < 4.78 is 0. The van der Waals surface area contributed by atoms with E-state index in [1.54, 1.807) is 11.3 Å². The SMILES string of the molecule is Cc1csc(C2CCCCN2C(=O)CC2=CCCCC2)n1. The minimum absolute atomic E-state index is 0.217. The highest BCUT2D eigenvalue weighted by Gasteiger charge is 2.30. The van der Waals surface area contributed by atoms with E-state index < -0.39 is 0 Å². The highest BCUT2D eigenvalue weighted by atomic mass is 32.1. The van der Waals surface area contributed by atoms with E-state index in [-0.39, 0.29) is 6.04 Å². The van der Waals surface area contributed by atoms with Gasteiger partial charge in [-0.1, -0.05) is 11.6 Å². The van der Waals surface area contributed by atoms with Gasteiger partial charge in [0, 0.05) is 24.0 Å². The number of rotatable bonds is 3. The zero-order chi connectivity index (χ0) is 14.7. The summed E-state index contributed by atoms with van der Waals surface area (Å²) in [6, 6.07) is 0.217. The summed E-state index contributed by atoms with van der Waals surface area (Å²) in [6.45, 7) is 2.93. The molecular formula is C17H24N2OS. The van der Waals surface area contributed by atoms with Crippen LogP contribution in [0.15, 0.2) is 17.0 Å². The van der Waals surface area contributed by atoms with Crippen LogP contribution in [0.4, 0.5) is 0 Å². The van der Waals surface area contributed by atoms with Crippen molar-refractivity contribution in [1.29, 1.82) is 0 Å². The number of amides is 1. The Labute approximate surface area is 131 Å². The number of hydrogen-bond donors (Lipinski definition) is 0. The molecular weight excluding hydrogens is 280 g/mol. The van der Waals surface area contributed by atoms with Gasteiger partial charge in [-0.15, -0.1) is 11.3 Å². The lowest BCUT2D eigenvalue weighted by molar-refractivity contribution is -0.134. The Hall–Kier alpha value is -1.16. The zero-order valence-corrected chi connectivity index (χ0v) is 13.6. The van der Waals surface area contributed by atoms with Crippen molar-refractivity contribution in [3.05, 3.63) is 27.7 Å². The number of thiazole rings is 1. The molecule has 1 aliphatic carbocycles. The first kappa shape index (κ1) is 14.8. The molecule has 114 valence electrons. The molecule has 1 fully saturated rings. The fourth-order valence-electron chi connectivity index (χ4n) is 3.37. The molecule has 4 heteroatoms. The van der Waals surface area contributed by atoms with Crippen molar-refractivity contribution in [3.63, 3.8) is 0 Å². The molecule has 1 aliphatic heterocycles. The minimum Gasteiger partial charge on any atom is -0.333 e. The van der Waals surface area contributed by atoms with Crippen molar-refractivity contribution < 1.29 is 4.79 Å². The minimum atomic E-state index is 0.217. The largest absolute Gasteiger partial charge is 0.333 e. The second kappa shape index (κ2) is 6.73. The molecule has 0 spiro atoms. The topological polar surface area (TPSA) is 33.2 Å². The maximum absolute atomic E-state index is 12.7. The van der Waals surface area contributed by atoms with Gasteiger partial charge in [-0.25, -0.2) is 4.98 Å². The summed E-state index contributed by atoms with van der Waals surface area (Å²) >= 11 is 1.70. The molecule has 1 atom stereocenters. The molecule has 1 unspecified atom stereocenters. The van der Waals surface area contributed by atoms with Crippen LogP contribution in [-0.4, -0.2) is 22.3 Å². The third kappa shape index (κ3) is 3.54. The van der Waals surface area contributed by atoms with Crippen LogP contribution < -0.4 is 0 Å². The van der Waals surface area contributed by atoms with Crippen molar-refractivity contribution in [1.82, 2.24) is 9.88 Å². The van der Waals surface area contributed by atoms with Crippen LogP contribution in [0.5, 0.6) is 0 Å². The van der Waals surface area contributed by atoms with Gasteiger partial charge in [0.15, 0.2) is 0 Å². The van der Waals surface area contributed by atoms with Crippen LogP contribution in [0.25, 0.3) is 0 Å². The third-order valence-corrected chi connectivity index (χ3v) is 5.57.